The smallest absolute Gasteiger partial charge is 0.164 e. The van der Waals surface area contributed by atoms with Crippen molar-refractivity contribution in [2.45, 2.75) is 5.41 Å². The molecule has 29 aromatic rings. The molecule has 1 aliphatic rings. The average molecular weight is 1850 g/mol. The lowest BCUT2D eigenvalue weighted by atomic mass is 9.62. The van der Waals surface area contributed by atoms with E-state index >= 15 is 0 Å². The Morgan fingerprint density at radius 2 is 0.560 bits per heavy atom. The van der Waals surface area contributed by atoms with Crippen molar-refractivity contribution >= 4 is 199 Å². The van der Waals surface area contributed by atoms with E-state index in [1.165, 1.54) is 170 Å². The maximum Gasteiger partial charge on any atom is 0.164 e. The lowest BCUT2D eigenvalue weighted by Crippen LogP contribution is -2.37. The zero-order valence-corrected chi connectivity index (χ0v) is 78.4. The van der Waals surface area contributed by atoms with Crippen LogP contribution in [0.15, 0.2) is 485 Å². The number of fused-ring (bicyclic) bond motifs is 29. The molecule has 0 atom stereocenters. The minimum Gasteiger partial charge on any atom is -0.310 e. The molecule has 1 aliphatic heterocycles. The normalized spacial score (nSPS) is 12.4. The first-order chi connectivity index (χ1) is 69.9. The van der Waals surface area contributed by atoms with Gasteiger partial charge in [0, 0.05) is 104 Å². The molecule has 0 radical (unpaired) electrons. The number of benzene rings is 21. The number of nitrogens with zero attached hydrogens (tertiary/aromatic N) is 8. The third kappa shape index (κ3) is 13.3. The van der Waals surface area contributed by atoms with Crippen LogP contribution >= 0.6 is 34.0 Å². The fourth-order valence-electron chi connectivity index (χ4n) is 22.1. The monoisotopic (exact) mass is 1850 g/mol. The van der Waals surface area contributed by atoms with Crippen LogP contribution < -0.4 is 4.90 Å². The molecule has 30 rings (SSSR count). The summed E-state index contributed by atoms with van der Waals surface area (Å²) in [5.74, 6) is 1.95. The number of thiophene rings is 3. The number of anilines is 3. The Morgan fingerprint density at radius 3 is 1.06 bits per heavy atom. The van der Waals surface area contributed by atoms with E-state index in [2.05, 4.69) is 438 Å². The molecule has 0 spiro atoms. The van der Waals surface area contributed by atoms with Crippen molar-refractivity contribution in [3.05, 3.63) is 508 Å². The third-order valence-corrected chi connectivity index (χ3v) is 32.2. The van der Waals surface area contributed by atoms with Crippen LogP contribution in [-0.2, 0) is 5.41 Å². The van der Waals surface area contributed by atoms with E-state index < -0.39 is 5.41 Å². The molecule has 0 aliphatic carbocycles. The highest BCUT2D eigenvalue weighted by molar-refractivity contribution is 7.27. The van der Waals surface area contributed by atoms with Gasteiger partial charge in [-0.15, -0.1) is 34.0 Å². The first kappa shape index (κ1) is 81.6. The second kappa shape index (κ2) is 33.3. The second-order valence-electron chi connectivity index (χ2n) is 36.3. The van der Waals surface area contributed by atoms with Crippen LogP contribution in [0, 0.1) is 0 Å². The molecule has 8 nitrogen and oxygen atoms in total. The van der Waals surface area contributed by atoms with Crippen molar-refractivity contribution in [2.75, 3.05) is 4.90 Å². The summed E-state index contributed by atoms with van der Waals surface area (Å²) in [4.78, 5) is 27.5. The molecule has 0 unspecified atom stereocenters. The van der Waals surface area contributed by atoms with Gasteiger partial charge in [0.25, 0.3) is 0 Å². The fourth-order valence-corrected chi connectivity index (χ4v) is 25.9. The number of aromatic nitrogens is 7. The number of pyridine rings is 2. The number of imidazole rings is 2. The molecule has 0 saturated heterocycles. The predicted molar refractivity (Wildman–Crippen MR) is 596 cm³/mol. The third-order valence-electron chi connectivity index (χ3n) is 28.6. The lowest BCUT2D eigenvalue weighted by molar-refractivity contribution is 0.731. The SMILES string of the molecule is c1ccc(-c2nc(-c3ccccc3)nc(-c3ccc(-c4ccc(N5c6ccccc6C(c6ccccc6)(c6ccccc6)c6ccccc65)cc4)cc3)n2)cc1.c1ccc2c(c1)ccc1c3ccc(-c4cccc5c4sc4ccccc45)cc3n3c4ccccc4nc3c21.c1ccc2c(c1)nc1c3ccc(-c4cccc5c4sc4ccccc45)cc3c3ccc(-c4cccc5c4sc4ccccc45)cc3n21. The molecule has 0 saturated carbocycles. The summed E-state index contributed by atoms with van der Waals surface area (Å²) in [7, 11) is 0. The summed E-state index contributed by atoms with van der Waals surface area (Å²) in [6.07, 6.45) is 0. The van der Waals surface area contributed by atoms with Gasteiger partial charge in [-0.05, 0) is 179 Å². The van der Waals surface area contributed by atoms with Gasteiger partial charge in [-0.3, -0.25) is 8.80 Å². The fraction of sp³-hybridized carbons (Fsp3) is 0.00769. The molecule has 141 heavy (non-hydrogen) atoms. The van der Waals surface area contributed by atoms with Crippen molar-refractivity contribution in [1.82, 2.24) is 33.7 Å². The quantitative estimate of drug-likeness (QED) is 0.127. The predicted octanol–water partition coefficient (Wildman–Crippen LogP) is 35.6. The van der Waals surface area contributed by atoms with Crippen molar-refractivity contribution in [3.63, 3.8) is 0 Å². The molecule has 658 valence electrons. The van der Waals surface area contributed by atoms with Crippen LogP contribution in [0.1, 0.15) is 22.3 Å². The Bertz CT molecular complexity index is 9940. The standard InChI is InChI=1S/C52H36N4.C43H24N2S2.C35H20N2S/c1-5-17-39(18-6-1)49-53-50(40-19-7-2-8-20-40)55-51(54-49)41-31-29-37(30-32-41)38-33-35-44(36-34-38)56-47-27-15-13-25-45(47)52(42-21-9-3-10-22-42,43-23-11-4-12-24-43)46-26-14-16-28-48(46)56;1-5-17-39-30(9-1)32-13-7-11-27(41(32)46-39)25-20-22-34-35(23-25)29-21-19-26(24-38(29)45-37-16-4-3-15-36(37)44-43(34)45)28-12-8-14-33-31-10-2-6-18-40(31)47-42(28)33;1-2-9-23-21(8-1)16-19-27-25-18-17-22(24-11-7-12-28-26-10-3-6-15-32(26)38-34(24)28)20-31(25)37-30-14-5-4-13-29(30)36-35(37)33(23)27/h1-36H;1-24H;1-20H. The molecule has 9 heterocycles. The molecule has 21 aromatic carbocycles. The zero-order valence-electron chi connectivity index (χ0n) is 76.0. The van der Waals surface area contributed by atoms with Crippen LogP contribution in [0.4, 0.5) is 17.1 Å². The van der Waals surface area contributed by atoms with Gasteiger partial charge < -0.3 is 4.90 Å². The molecule has 0 bridgehead atoms. The van der Waals surface area contributed by atoms with E-state index in [1.807, 2.05) is 94.7 Å². The molecular formula is C130H80N8S3. The van der Waals surface area contributed by atoms with E-state index in [1.54, 1.807) is 0 Å². The Labute approximate surface area is 822 Å². The second-order valence-corrected chi connectivity index (χ2v) is 39.5. The van der Waals surface area contributed by atoms with Crippen LogP contribution in [-0.4, -0.2) is 33.7 Å². The van der Waals surface area contributed by atoms with E-state index in [-0.39, 0.29) is 0 Å². The average Bonchev–Trinajstić information content (AvgIpc) is 1.47. The lowest BCUT2D eigenvalue weighted by Gasteiger charge is -2.46. The first-order valence-electron chi connectivity index (χ1n) is 47.7. The van der Waals surface area contributed by atoms with Gasteiger partial charge in [0.2, 0.25) is 0 Å². The minimum atomic E-state index is -0.490. The molecule has 11 heteroatoms. The maximum atomic E-state index is 5.22. The highest BCUT2D eigenvalue weighted by Crippen LogP contribution is 2.59. The number of hydrogen-bond donors (Lipinski definition) is 0. The number of para-hydroxylation sites is 6. The van der Waals surface area contributed by atoms with Gasteiger partial charge in [-0.1, -0.05) is 394 Å². The first-order valence-corrected chi connectivity index (χ1v) is 50.2. The summed E-state index contributed by atoms with van der Waals surface area (Å²) < 4.78 is 12.7. The Kier molecular flexibility index (Phi) is 19.3. The zero-order chi connectivity index (χ0) is 92.7. The molecule has 0 N–H and O–H groups in total. The molecule has 0 fully saturated rings. The van der Waals surface area contributed by atoms with Crippen molar-refractivity contribution in [3.8, 4) is 78.7 Å². The summed E-state index contributed by atoms with van der Waals surface area (Å²) in [6, 6.07) is 175. The Morgan fingerprint density at radius 1 is 0.206 bits per heavy atom. The van der Waals surface area contributed by atoms with Crippen LogP contribution in [0.3, 0.4) is 0 Å². The van der Waals surface area contributed by atoms with Crippen molar-refractivity contribution in [2.24, 2.45) is 0 Å². The van der Waals surface area contributed by atoms with Crippen molar-refractivity contribution in [1.29, 1.82) is 0 Å². The highest BCUT2D eigenvalue weighted by Gasteiger charge is 2.46. The maximum absolute atomic E-state index is 5.22. The van der Waals surface area contributed by atoms with E-state index in [9.17, 15) is 0 Å². The Balaban J connectivity index is 0.000000105. The van der Waals surface area contributed by atoms with Crippen molar-refractivity contribution < 1.29 is 0 Å². The van der Waals surface area contributed by atoms with Gasteiger partial charge in [-0.2, -0.15) is 0 Å². The van der Waals surface area contributed by atoms with E-state index in [0.29, 0.717) is 17.5 Å². The van der Waals surface area contributed by atoms with Crippen LogP contribution in [0.2, 0.25) is 0 Å². The van der Waals surface area contributed by atoms with Crippen LogP contribution in [0.25, 0.3) is 227 Å². The van der Waals surface area contributed by atoms with Gasteiger partial charge >= 0.3 is 0 Å². The summed E-state index contributed by atoms with van der Waals surface area (Å²) in [5, 5.41) is 17.8. The largest absolute Gasteiger partial charge is 0.310 e. The van der Waals surface area contributed by atoms with E-state index in [0.717, 1.165) is 78.2 Å². The minimum absolute atomic E-state index is 0.490. The number of rotatable bonds is 10. The highest BCUT2D eigenvalue weighted by atomic mass is 32.1. The Hall–Kier alpha value is -17.7. The van der Waals surface area contributed by atoms with E-state index in [4.69, 9.17) is 24.9 Å². The van der Waals surface area contributed by atoms with Gasteiger partial charge in [0.05, 0.1) is 49.9 Å². The van der Waals surface area contributed by atoms with Gasteiger partial charge in [0.1, 0.15) is 11.3 Å². The molecule has 8 aromatic heterocycles. The van der Waals surface area contributed by atoms with Gasteiger partial charge in [0.15, 0.2) is 17.5 Å². The number of hydrogen-bond acceptors (Lipinski definition) is 9. The summed E-state index contributed by atoms with van der Waals surface area (Å²) in [5.41, 5.74) is 29.2. The molecule has 0 amide bonds. The summed E-state index contributed by atoms with van der Waals surface area (Å²) in [6.45, 7) is 0. The molecular weight excluding hydrogens is 1770 g/mol. The topological polar surface area (TPSA) is 76.5 Å². The summed E-state index contributed by atoms with van der Waals surface area (Å²) >= 11 is 5.65. The van der Waals surface area contributed by atoms with Crippen LogP contribution in [0.5, 0.6) is 0 Å². The van der Waals surface area contributed by atoms with Gasteiger partial charge in [-0.25, -0.2) is 24.9 Å².